The van der Waals surface area contributed by atoms with Crippen molar-refractivity contribution in [1.29, 1.82) is 0 Å². The Balaban J connectivity index is 2.43. The third-order valence-electron chi connectivity index (χ3n) is 2.81. The smallest absolute Gasteiger partial charge is 0.244 e. The number of rotatable bonds is 3. The molecular weight excluding hydrogens is 206 g/mol. The second-order valence-electron chi connectivity index (χ2n) is 4.40. The van der Waals surface area contributed by atoms with Gasteiger partial charge in [0.15, 0.2) is 0 Å². The molecule has 5 heteroatoms. The molecule has 0 bridgehead atoms. The maximum absolute atomic E-state index is 11.9. The van der Waals surface area contributed by atoms with E-state index in [1.807, 2.05) is 4.90 Å². The molecule has 0 spiro atoms. The van der Waals surface area contributed by atoms with Crippen molar-refractivity contribution >= 4 is 11.8 Å². The quantitative estimate of drug-likeness (QED) is 0.704. The van der Waals surface area contributed by atoms with Crippen molar-refractivity contribution in [1.82, 2.24) is 10.2 Å². The van der Waals surface area contributed by atoms with Crippen LogP contribution in [-0.2, 0) is 9.59 Å². The summed E-state index contributed by atoms with van der Waals surface area (Å²) in [4.78, 5) is 25.1. The number of piperidine rings is 1. The van der Waals surface area contributed by atoms with E-state index in [0.717, 1.165) is 25.9 Å². The van der Waals surface area contributed by atoms with Crippen LogP contribution in [0.5, 0.6) is 0 Å². The fourth-order valence-corrected chi connectivity index (χ4v) is 1.79. The Hall–Kier alpha value is -1.10. The Kier molecular flexibility index (Phi) is 4.73. The van der Waals surface area contributed by atoms with Crippen molar-refractivity contribution in [2.24, 2.45) is 5.73 Å². The molecule has 1 fully saturated rings. The van der Waals surface area contributed by atoms with Gasteiger partial charge in [-0.25, -0.2) is 0 Å². The third kappa shape index (κ3) is 3.48. The van der Waals surface area contributed by atoms with E-state index in [0.29, 0.717) is 0 Å². The molecule has 0 aromatic rings. The number of hydrogen-bond acceptors (Lipinski definition) is 3. The Morgan fingerprint density at radius 3 is 2.25 bits per heavy atom. The van der Waals surface area contributed by atoms with Gasteiger partial charge >= 0.3 is 0 Å². The highest BCUT2D eigenvalue weighted by Crippen LogP contribution is 2.09. The zero-order valence-corrected chi connectivity index (χ0v) is 10.0. The van der Waals surface area contributed by atoms with Crippen LogP contribution in [0.15, 0.2) is 0 Å². The molecule has 0 saturated carbocycles. The number of carbonyl (C=O) groups excluding carboxylic acids is 2. The normalized spacial score (nSPS) is 20.1. The van der Waals surface area contributed by atoms with Crippen LogP contribution in [0.3, 0.4) is 0 Å². The fourth-order valence-electron chi connectivity index (χ4n) is 1.79. The Labute approximate surface area is 96.4 Å². The molecule has 1 aliphatic heterocycles. The van der Waals surface area contributed by atoms with Crippen molar-refractivity contribution in [3.05, 3.63) is 0 Å². The molecule has 0 aliphatic carbocycles. The summed E-state index contributed by atoms with van der Waals surface area (Å²) < 4.78 is 0. The van der Waals surface area contributed by atoms with Gasteiger partial charge in [0.25, 0.3) is 0 Å². The standard InChI is InChI=1S/C11H21N3O2/c1-8(12)10(15)13-9(2)11(16)14-6-4-3-5-7-14/h8-9H,3-7,12H2,1-2H3,(H,13,15). The van der Waals surface area contributed by atoms with Crippen LogP contribution in [0, 0.1) is 0 Å². The van der Waals surface area contributed by atoms with Crippen molar-refractivity contribution in [2.75, 3.05) is 13.1 Å². The number of likely N-dealkylation sites (tertiary alicyclic amines) is 1. The molecule has 2 unspecified atom stereocenters. The highest BCUT2D eigenvalue weighted by Gasteiger charge is 2.23. The van der Waals surface area contributed by atoms with Gasteiger partial charge in [-0.1, -0.05) is 0 Å². The lowest BCUT2D eigenvalue weighted by Crippen LogP contribution is -2.51. The zero-order chi connectivity index (χ0) is 12.1. The van der Waals surface area contributed by atoms with Crippen LogP contribution >= 0.6 is 0 Å². The highest BCUT2D eigenvalue weighted by atomic mass is 16.2. The van der Waals surface area contributed by atoms with Gasteiger partial charge in [0.1, 0.15) is 6.04 Å². The number of nitrogens with one attached hydrogen (secondary N) is 1. The summed E-state index contributed by atoms with van der Waals surface area (Å²) in [5.41, 5.74) is 5.43. The summed E-state index contributed by atoms with van der Waals surface area (Å²) >= 11 is 0. The third-order valence-corrected chi connectivity index (χ3v) is 2.81. The summed E-state index contributed by atoms with van der Waals surface area (Å²) in [5.74, 6) is -0.286. The Morgan fingerprint density at radius 2 is 1.75 bits per heavy atom. The molecule has 16 heavy (non-hydrogen) atoms. The van der Waals surface area contributed by atoms with Crippen LogP contribution in [-0.4, -0.2) is 41.9 Å². The van der Waals surface area contributed by atoms with Gasteiger partial charge in [-0.15, -0.1) is 0 Å². The lowest BCUT2D eigenvalue weighted by atomic mass is 10.1. The number of hydrogen-bond donors (Lipinski definition) is 2. The van der Waals surface area contributed by atoms with Crippen LogP contribution < -0.4 is 11.1 Å². The predicted octanol–water partition coefficient (Wildman–Crippen LogP) is -0.149. The number of nitrogens with zero attached hydrogens (tertiary/aromatic N) is 1. The number of amides is 2. The monoisotopic (exact) mass is 227 g/mol. The second-order valence-corrected chi connectivity index (χ2v) is 4.40. The van der Waals surface area contributed by atoms with Gasteiger partial charge in [0.05, 0.1) is 6.04 Å². The maximum Gasteiger partial charge on any atom is 0.244 e. The molecule has 92 valence electrons. The first-order valence-corrected chi connectivity index (χ1v) is 5.87. The average Bonchev–Trinajstić information content (AvgIpc) is 2.28. The van der Waals surface area contributed by atoms with Gasteiger partial charge < -0.3 is 16.0 Å². The van der Waals surface area contributed by atoms with E-state index in [1.165, 1.54) is 6.42 Å². The zero-order valence-electron chi connectivity index (χ0n) is 10.0. The second kappa shape index (κ2) is 5.84. The minimum absolute atomic E-state index is 0.00583. The minimum atomic E-state index is -0.573. The van der Waals surface area contributed by atoms with Crippen LogP contribution in [0.1, 0.15) is 33.1 Å². The molecular formula is C11H21N3O2. The molecule has 0 aromatic heterocycles. The maximum atomic E-state index is 11.9. The van der Waals surface area contributed by atoms with E-state index in [9.17, 15) is 9.59 Å². The predicted molar refractivity (Wildman–Crippen MR) is 61.7 cm³/mol. The van der Waals surface area contributed by atoms with E-state index in [2.05, 4.69) is 5.32 Å². The summed E-state index contributed by atoms with van der Waals surface area (Å²) in [6, 6.07) is -1.05. The summed E-state index contributed by atoms with van der Waals surface area (Å²) in [5, 5.41) is 2.62. The summed E-state index contributed by atoms with van der Waals surface area (Å²) in [6.07, 6.45) is 3.30. The van der Waals surface area contributed by atoms with E-state index in [1.54, 1.807) is 13.8 Å². The number of carbonyl (C=O) groups is 2. The molecule has 0 aromatic carbocycles. The van der Waals surface area contributed by atoms with Gasteiger partial charge in [-0.2, -0.15) is 0 Å². The van der Waals surface area contributed by atoms with E-state index in [4.69, 9.17) is 5.73 Å². The van der Waals surface area contributed by atoms with Crippen molar-refractivity contribution < 1.29 is 9.59 Å². The topological polar surface area (TPSA) is 75.4 Å². The SMILES string of the molecule is CC(N)C(=O)NC(C)C(=O)N1CCCCC1. The summed E-state index contributed by atoms with van der Waals surface area (Å²) in [7, 11) is 0. The lowest BCUT2D eigenvalue weighted by molar-refractivity contribution is -0.136. The Bertz CT molecular complexity index is 260. The Morgan fingerprint density at radius 1 is 1.19 bits per heavy atom. The molecule has 2 amide bonds. The van der Waals surface area contributed by atoms with Crippen LogP contribution in [0.4, 0.5) is 0 Å². The highest BCUT2D eigenvalue weighted by molar-refractivity contribution is 5.89. The van der Waals surface area contributed by atoms with Gasteiger partial charge in [-0.05, 0) is 33.1 Å². The van der Waals surface area contributed by atoms with Gasteiger partial charge in [-0.3, -0.25) is 9.59 Å². The lowest BCUT2D eigenvalue weighted by Gasteiger charge is -2.29. The fraction of sp³-hybridized carbons (Fsp3) is 0.818. The molecule has 5 nitrogen and oxygen atoms in total. The van der Waals surface area contributed by atoms with Crippen LogP contribution in [0.25, 0.3) is 0 Å². The molecule has 3 N–H and O–H groups in total. The first kappa shape index (κ1) is 13.0. The minimum Gasteiger partial charge on any atom is -0.343 e. The molecule has 1 heterocycles. The van der Waals surface area contributed by atoms with Crippen LogP contribution in [0.2, 0.25) is 0 Å². The first-order valence-electron chi connectivity index (χ1n) is 5.87. The van der Waals surface area contributed by atoms with E-state index in [-0.39, 0.29) is 11.8 Å². The molecule has 1 rings (SSSR count). The van der Waals surface area contributed by atoms with Crippen molar-refractivity contribution in [2.45, 2.75) is 45.2 Å². The van der Waals surface area contributed by atoms with E-state index < -0.39 is 12.1 Å². The first-order chi connectivity index (χ1) is 7.52. The molecule has 2 atom stereocenters. The van der Waals surface area contributed by atoms with Gasteiger partial charge in [0.2, 0.25) is 11.8 Å². The van der Waals surface area contributed by atoms with Crippen molar-refractivity contribution in [3.8, 4) is 0 Å². The van der Waals surface area contributed by atoms with E-state index >= 15 is 0 Å². The molecule has 1 saturated heterocycles. The largest absolute Gasteiger partial charge is 0.343 e. The molecule has 0 radical (unpaired) electrons. The number of nitrogens with two attached hydrogens (primary N) is 1. The average molecular weight is 227 g/mol. The van der Waals surface area contributed by atoms with Crippen molar-refractivity contribution in [3.63, 3.8) is 0 Å². The summed E-state index contributed by atoms with van der Waals surface area (Å²) in [6.45, 7) is 4.92. The molecule has 1 aliphatic rings. The van der Waals surface area contributed by atoms with Gasteiger partial charge in [0, 0.05) is 13.1 Å².